The standard InChI is InChI=1S/C12H26N2O/c1-14(10-12(13)7-8-15)9-11-5-3-2-4-6-11/h11-12,15H,2-10,13H2,1H3. The van der Waals surface area contributed by atoms with Crippen LogP contribution in [0.25, 0.3) is 0 Å². The predicted octanol–water partition coefficient (Wildman–Crippen LogP) is 1.21. The Hall–Kier alpha value is -0.120. The van der Waals surface area contributed by atoms with Gasteiger partial charge in [-0.1, -0.05) is 19.3 Å². The van der Waals surface area contributed by atoms with E-state index in [4.69, 9.17) is 10.8 Å². The maximum absolute atomic E-state index is 8.77. The number of aliphatic hydroxyl groups excluding tert-OH is 1. The molecule has 1 rings (SSSR count). The zero-order valence-corrected chi connectivity index (χ0v) is 9.99. The van der Waals surface area contributed by atoms with Gasteiger partial charge in [0.2, 0.25) is 0 Å². The highest BCUT2D eigenvalue weighted by molar-refractivity contribution is 4.72. The lowest BCUT2D eigenvalue weighted by Crippen LogP contribution is -2.38. The summed E-state index contributed by atoms with van der Waals surface area (Å²) < 4.78 is 0. The van der Waals surface area contributed by atoms with Crippen LogP contribution in [0.1, 0.15) is 38.5 Å². The fraction of sp³-hybridized carbons (Fsp3) is 1.00. The molecule has 90 valence electrons. The average molecular weight is 214 g/mol. The SMILES string of the molecule is CN(CC(N)CCO)CC1CCCCC1. The van der Waals surface area contributed by atoms with Gasteiger partial charge in [-0.25, -0.2) is 0 Å². The van der Waals surface area contributed by atoms with Gasteiger partial charge in [-0.05, 0) is 32.2 Å². The van der Waals surface area contributed by atoms with Crippen molar-refractivity contribution in [2.45, 2.75) is 44.6 Å². The van der Waals surface area contributed by atoms with E-state index in [-0.39, 0.29) is 12.6 Å². The van der Waals surface area contributed by atoms with Crippen LogP contribution in [0.3, 0.4) is 0 Å². The van der Waals surface area contributed by atoms with Crippen molar-refractivity contribution in [3.63, 3.8) is 0 Å². The highest BCUT2D eigenvalue weighted by Gasteiger charge is 2.16. The molecule has 1 atom stereocenters. The van der Waals surface area contributed by atoms with Crippen molar-refractivity contribution in [2.75, 3.05) is 26.7 Å². The molecule has 1 fully saturated rings. The first-order valence-corrected chi connectivity index (χ1v) is 6.27. The van der Waals surface area contributed by atoms with Crippen molar-refractivity contribution in [3.05, 3.63) is 0 Å². The van der Waals surface area contributed by atoms with E-state index in [1.807, 2.05) is 0 Å². The molecule has 0 radical (unpaired) electrons. The minimum Gasteiger partial charge on any atom is -0.396 e. The molecule has 0 saturated heterocycles. The maximum atomic E-state index is 8.77. The lowest BCUT2D eigenvalue weighted by Gasteiger charge is -2.28. The fourth-order valence-electron chi connectivity index (χ4n) is 2.54. The van der Waals surface area contributed by atoms with Crippen molar-refractivity contribution in [1.82, 2.24) is 4.90 Å². The van der Waals surface area contributed by atoms with Crippen molar-refractivity contribution in [3.8, 4) is 0 Å². The molecule has 0 aromatic heterocycles. The van der Waals surface area contributed by atoms with Crippen LogP contribution >= 0.6 is 0 Å². The average Bonchev–Trinajstić information content (AvgIpc) is 2.19. The molecular weight excluding hydrogens is 188 g/mol. The molecule has 0 heterocycles. The van der Waals surface area contributed by atoms with Gasteiger partial charge in [0.15, 0.2) is 0 Å². The molecule has 3 heteroatoms. The minimum absolute atomic E-state index is 0.128. The summed E-state index contributed by atoms with van der Waals surface area (Å²) in [6.07, 6.45) is 7.72. The van der Waals surface area contributed by atoms with E-state index in [2.05, 4.69) is 11.9 Å². The Kier molecular flexibility index (Phi) is 6.22. The van der Waals surface area contributed by atoms with E-state index < -0.39 is 0 Å². The number of nitrogens with zero attached hydrogens (tertiary/aromatic N) is 1. The summed E-state index contributed by atoms with van der Waals surface area (Å²) in [6.45, 7) is 2.30. The third kappa shape index (κ3) is 5.50. The summed E-state index contributed by atoms with van der Waals surface area (Å²) in [4.78, 5) is 2.33. The number of rotatable bonds is 6. The third-order valence-electron chi connectivity index (χ3n) is 3.34. The van der Waals surface area contributed by atoms with Crippen LogP contribution in [-0.2, 0) is 0 Å². The largest absolute Gasteiger partial charge is 0.396 e. The van der Waals surface area contributed by atoms with Gasteiger partial charge in [-0.3, -0.25) is 0 Å². The first-order valence-electron chi connectivity index (χ1n) is 6.27. The van der Waals surface area contributed by atoms with E-state index in [0.29, 0.717) is 0 Å². The second kappa shape index (κ2) is 7.20. The van der Waals surface area contributed by atoms with E-state index in [0.717, 1.165) is 18.9 Å². The van der Waals surface area contributed by atoms with Crippen molar-refractivity contribution < 1.29 is 5.11 Å². The number of aliphatic hydroxyl groups is 1. The van der Waals surface area contributed by atoms with E-state index in [9.17, 15) is 0 Å². The Bertz CT molecular complexity index is 158. The van der Waals surface area contributed by atoms with Gasteiger partial charge in [0.05, 0.1) is 0 Å². The highest BCUT2D eigenvalue weighted by atomic mass is 16.3. The molecular formula is C12H26N2O. The van der Waals surface area contributed by atoms with Crippen LogP contribution in [0, 0.1) is 5.92 Å². The molecule has 0 spiro atoms. The van der Waals surface area contributed by atoms with Crippen molar-refractivity contribution in [1.29, 1.82) is 0 Å². The molecule has 0 bridgehead atoms. The van der Waals surface area contributed by atoms with Crippen LogP contribution in [-0.4, -0.2) is 42.8 Å². The van der Waals surface area contributed by atoms with Crippen LogP contribution in [0.2, 0.25) is 0 Å². The molecule has 3 nitrogen and oxygen atoms in total. The Morgan fingerprint density at radius 3 is 2.60 bits per heavy atom. The van der Waals surface area contributed by atoms with Gasteiger partial charge < -0.3 is 15.7 Å². The van der Waals surface area contributed by atoms with Gasteiger partial charge in [-0.2, -0.15) is 0 Å². The van der Waals surface area contributed by atoms with Crippen LogP contribution in [0.15, 0.2) is 0 Å². The Balaban J connectivity index is 2.13. The second-order valence-electron chi connectivity index (χ2n) is 5.00. The molecule has 1 aliphatic rings. The van der Waals surface area contributed by atoms with Gasteiger partial charge >= 0.3 is 0 Å². The highest BCUT2D eigenvalue weighted by Crippen LogP contribution is 2.23. The maximum Gasteiger partial charge on any atom is 0.0446 e. The molecule has 15 heavy (non-hydrogen) atoms. The first kappa shape index (κ1) is 12.9. The summed E-state index contributed by atoms with van der Waals surface area (Å²) in [5.41, 5.74) is 5.89. The molecule has 0 aromatic rings. The summed E-state index contributed by atoms with van der Waals surface area (Å²) in [6, 6.07) is 0.128. The van der Waals surface area contributed by atoms with Crippen molar-refractivity contribution >= 4 is 0 Å². The Morgan fingerprint density at radius 2 is 2.00 bits per heavy atom. The smallest absolute Gasteiger partial charge is 0.0446 e. The fourth-order valence-corrected chi connectivity index (χ4v) is 2.54. The Labute approximate surface area is 93.6 Å². The third-order valence-corrected chi connectivity index (χ3v) is 3.34. The molecule has 1 unspecified atom stereocenters. The monoisotopic (exact) mass is 214 g/mol. The molecule has 1 aliphatic carbocycles. The number of hydrogen-bond donors (Lipinski definition) is 2. The van der Waals surface area contributed by atoms with Gasteiger partial charge in [0, 0.05) is 25.7 Å². The van der Waals surface area contributed by atoms with Crippen molar-refractivity contribution in [2.24, 2.45) is 11.7 Å². The van der Waals surface area contributed by atoms with Crippen LogP contribution in [0.4, 0.5) is 0 Å². The molecule has 0 aliphatic heterocycles. The van der Waals surface area contributed by atoms with Crippen LogP contribution in [0.5, 0.6) is 0 Å². The quantitative estimate of drug-likeness (QED) is 0.698. The number of hydrogen-bond acceptors (Lipinski definition) is 3. The lowest BCUT2D eigenvalue weighted by molar-refractivity contribution is 0.208. The first-order chi connectivity index (χ1) is 7.22. The zero-order chi connectivity index (χ0) is 11.1. The molecule has 3 N–H and O–H groups in total. The molecule has 1 saturated carbocycles. The van der Waals surface area contributed by atoms with E-state index in [1.54, 1.807) is 0 Å². The number of likely N-dealkylation sites (N-methyl/N-ethyl adjacent to an activating group) is 1. The lowest BCUT2D eigenvalue weighted by atomic mass is 9.89. The summed E-state index contributed by atoms with van der Waals surface area (Å²) >= 11 is 0. The second-order valence-corrected chi connectivity index (χ2v) is 5.00. The molecule has 0 aromatic carbocycles. The van der Waals surface area contributed by atoms with E-state index in [1.165, 1.54) is 38.6 Å². The zero-order valence-electron chi connectivity index (χ0n) is 9.99. The van der Waals surface area contributed by atoms with Gasteiger partial charge in [0.25, 0.3) is 0 Å². The number of nitrogens with two attached hydrogens (primary N) is 1. The minimum atomic E-state index is 0.128. The predicted molar refractivity (Wildman–Crippen MR) is 63.8 cm³/mol. The normalized spacial score (nSPS) is 20.8. The summed E-state index contributed by atoms with van der Waals surface area (Å²) in [5.74, 6) is 0.880. The Morgan fingerprint density at radius 1 is 1.33 bits per heavy atom. The molecule has 0 amide bonds. The van der Waals surface area contributed by atoms with E-state index >= 15 is 0 Å². The summed E-state index contributed by atoms with van der Waals surface area (Å²) in [7, 11) is 2.14. The van der Waals surface area contributed by atoms with Gasteiger partial charge in [0.1, 0.15) is 0 Å². The van der Waals surface area contributed by atoms with Gasteiger partial charge in [-0.15, -0.1) is 0 Å². The summed E-state index contributed by atoms with van der Waals surface area (Å²) in [5, 5.41) is 8.77. The topological polar surface area (TPSA) is 49.5 Å². The van der Waals surface area contributed by atoms with Crippen LogP contribution < -0.4 is 5.73 Å².